The standard InChI is InChI=1S/C41H50N4O4S/c1-5-7-27-9-13-29(14-10-27)30-17-19-31(20-18-30)33-23-42-37(43-24-33)32-15-11-28(12-16-32)22-35(39(47)45-25-34(26-45)40(48)49)44-38(46)36-8-6-21-50(36)41(2,3)4/h6,8,11-12,15-21,23-24,27,29,34-35,50H,5,7,9-10,13-14,22,25-26H2,1-4H3,(H,44,46)(H,48,49)/t27-,29-,35-/m0/s1. The number of thiol groups is 1. The summed E-state index contributed by atoms with van der Waals surface area (Å²) in [5.74, 6) is 0.172. The van der Waals surface area contributed by atoms with Crippen LogP contribution in [-0.2, 0) is 20.8 Å². The molecule has 6 rings (SSSR count). The van der Waals surface area contributed by atoms with Gasteiger partial charge >= 0.3 is 5.97 Å². The fourth-order valence-corrected chi connectivity index (χ4v) is 9.53. The van der Waals surface area contributed by atoms with Crippen molar-refractivity contribution in [3.05, 3.63) is 94.5 Å². The van der Waals surface area contributed by atoms with Crippen LogP contribution in [0.15, 0.2) is 83.4 Å². The lowest BCUT2D eigenvalue weighted by molar-refractivity contribution is -0.154. The number of allylic oxidation sites excluding steroid dienone is 2. The number of aliphatic carboxylic acids is 1. The third kappa shape index (κ3) is 8.20. The molecule has 3 heterocycles. The smallest absolute Gasteiger partial charge is 0.310 e. The summed E-state index contributed by atoms with van der Waals surface area (Å²) in [7, 11) is -0.822. The molecule has 50 heavy (non-hydrogen) atoms. The summed E-state index contributed by atoms with van der Waals surface area (Å²) in [6.45, 7) is 8.92. The minimum Gasteiger partial charge on any atom is -0.481 e. The molecule has 1 aromatic heterocycles. The van der Waals surface area contributed by atoms with E-state index in [2.05, 4.69) is 72.7 Å². The molecule has 0 radical (unpaired) electrons. The Balaban J connectivity index is 1.10. The van der Waals surface area contributed by atoms with Crippen molar-refractivity contribution in [2.45, 2.75) is 89.3 Å². The molecule has 2 aliphatic heterocycles. The van der Waals surface area contributed by atoms with Crippen molar-refractivity contribution >= 4 is 28.7 Å². The van der Waals surface area contributed by atoms with Crippen molar-refractivity contribution < 1.29 is 19.5 Å². The first kappa shape index (κ1) is 35.6. The normalized spacial score (nSPS) is 22.0. The van der Waals surface area contributed by atoms with E-state index in [0.29, 0.717) is 16.6 Å². The van der Waals surface area contributed by atoms with Crippen LogP contribution in [0.4, 0.5) is 0 Å². The van der Waals surface area contributed by atoms with Gasteiger partial charge in [0.1, 0.15) is 6.04 Å². The van der Waals surface area contributed by atoms with Gasteiger partial charge in [0.05, 0.1) is 10.8 Å². The molecule has 1 saturated heterocycles. The number of carboxylic acids is 1. The summed E-state index contributed by atoms with van der Waals surface area (Å²) in [6, 6.07) is 15.8. The molecular weight excluding hydrogens is 645 g/mol. The van der Waals surface area contributed by atoms with E-state index in [1.165, 1.54) is 49.0 Å². The largest absolute Gasteiger partial charge is 0.481 e. The zero-order valence-corrected chi connectivity index (χ0v) is 30.5. The second-order valence-electron chi connectivity index (χ2n) is 15.1. The highest BCUT2D eigenvalue weighted by atomic mass is 32.2. The molecule has 0 bridgehead atoms. The molecule has 1 aliphatic carbocycles. The average Bonchev–Trinajstić information content (AvgIpc) is 3.60. The van der Waals surface area contributed by atoms with Crippen LogP contribution in [0.1, 0.15) is 83.3 Å². The van der Waals surface area contributed by atoms with Crippen LogP contribution < -0.4 is 5.32 Å². The van der Waals surface area contributed by atoms with Gasteiger partial charge in [-0.25, -0.2) is 9.97 Å². The minimum atomic E-state index is -0.911. The van der Waals surface area contributed by atoms with E-state index in [4.69, 9.17) is 0 Å². The highest BCUT2D eigenvalue weighted by molar-refractivity contribution is 8.24. The van der Waals surface area contributed by atoms with Gasteiger partial charge in [-0.1, -0.05) is 95.1 Å². The molecule has 1 saturated carbocycles. The molecule has 2 atom stereocenters. The molecule has 2 N–H and O–H groups in total. The average molecular weight is 695 g/mol. The summed E-state index contributed by atoms with van der Waals surface area (Å²) in [5, 5.41) is 14.4. The van der Waals surface area contributed by atoms with Crippen LogP contribution in [0.2, 0.25) is 0 Å². The van der Waals surface area contributed by atoms with Crippen LogP contribution in [-0.4, -0.2) is 61.6 Å². The highest BCUT2D eigenvalue weighted by Gasteiger charge is 2.39. The van der Waals surface area contributed by atoms with Crippen LogP contribution in [0.5, 0.6) is 0 Å². The number of nitrogens with zero attached hydrogens (tertiary/aromatic N) is 3. The number of likely N-dealkylation sites (tertiary alicyclic amines) is 1. The first-order valence-electron chi connectivity index (χ1n) is 18.0. The summed E-state index contributed by atoms with van der Waals surface area (Å²) in [6.07, 6.45) is 15.7. The van der Waals surface area contributed by atoms with Crippen molar-refractivity contribution in [3.8, 4) is 22.5 Å². The second kappa shape index (κ2) is 15.3. The second-order valence-corrected chi connectivity index (χ2v) is 17.9. The van der Waals surface area contributed by atoms with Gasteiger partial charge in [-0.15, -0.1) is 0 Å². The van der Waals surface area contributed by atoms with Gasteiger partial charge in [0.2, 0.25) is 5.91 Å². The number of hydrogen-bond donors (Lipinski definition) is 3. The lowest BCUT2D eigenvalue weighted by Gasteiger charge is -2.39. The molecule has 264 valence electrons. The Hall–Kier alpha value is -4.24. The van der Waals surface area contributed by atoms with E-state index >= 15 is 0 Å². The van der Waals surface area contributed by atoms with E-state index < -0.39 is 28.8 Å². The molecule has 0 spiro atoms. The van der Waals surface area contributed by atoms with E-state index in [-0.39, 0.29) is 36.1 Å². The van der Waals surface area contributed by atoms with Crippen LogP contribution in [0.3, 0.4) is 0 Å². The molecule has 1 unspecified atom stereocenters. The Kier molecular flexibility index (Phi) is 10.9. The van der Waals surface area contributed by atoms with E-state index in [0.717, 1.165) is 28.2 Å². The number of aromatic nitrogens is 2. The van der Waals surface area contributed by atoms with Gasteiger partial charge < -0.3 is 15.3 Å². The fourth-order valence-electron chi connectivity index (χ4n) is 7.41. The maximum atomic E-state index is 13.6. The van der Waals surface area contributed by atoms with Crippen molar-refractivity contribution in [1.82, 2.24) is 20.2 Å². The summed E-state index contributed by atoms with van der Waals surface area (Å²) < 4.78 is -0.0924. The number of benzene rings is 2. The summed E-state index contributed by atoms with van der Waals surface area (Å²) >= 11 is 0. The monoisotopic (exact) mass is 694 g/mol. The molecular formula is C41H50N4O4S. The predicted molar refractivity (Wildman–Crippen MR) is 202 cm³/mol. The number of rotatable bonds is 11. The molecule has 2 fully saturated rings. The van der Waals surface area contributed by atoms with Crippen LogP contribution in [0, 0.1) is 11.8 Å². The lowest BCUT2D eigenvalue weighted by atomic mass is 9.77. The highest BCUT2D eigenvalue weighted by Crippen LogP contribution is 2.51. The number of carbonyl (C=O) groups excluding carboxylic acids is 2. The van der Waals surface area contributed by atoms with Gasteiger partial charge in [-0.05, 0) is 70.4 Å². The summed E-state index contributed by atoms with van der Waals surface area (Å²) in [4.78, 5) is 50.0. The molecule has 9 heteroatoms. The number of carboxylic acid groups (broad SMARTS) is 1. The fraction of sp³-hybridized carbons (Fsp3) is 0.439. The minimum absolute atomic E-state index is 0.0924. The zero-order valence-electron chi connectivity index (χ0n) is 29.6. The van der Waals surface area contributed by atoms with Crippen LogP contribution in [0.25, 0.3) is 22.5 Å². The molecule has 3 aliphatic rings. The Morgan fingerprint density at radius 2 is 1.56 bits per heavy atom. The Morgan fingerprint density at radius 1 is 0.920 bits per heavy atom. The number of nitrogens with one attached hydrogen (secondary N) is 1. The van der Waals surface area contributed by atoms with Crippen molar-refractivity contribution in [2.75, 3.05) is 13.1 Å². The lowest BCUT2D eigenvalue weighted by Crippen LogP contribution is -2.59. The Labute approximate surface area is 298 Å². The topological polar surface area (TPSA) is 112 Å². The Morgan fingerprint density at radius 3 is 2.16 bits per heavy atom. The van der Waals surface area contributed by atoms with Gasteiger partial charge in [-0.3, -0.25) is 14.4 Å². The zero-order chi connectivity index (χ0) is 35.4. The molecule has 3 aromatic rings. The van der Waals surface area contributed by atoms with Gasteiger partial charge in [-0.2, -0.15) is 10.9 Å². The van der Waals surface area contributed by atoms with Crippen molar-refractivity contribution in [2.24, 2.45) is 11.8 Å². The van der Waals surface area contributed by atoms with Gasteiger partial charge in [0, 0.05) is 43.0 Å². The van der Waals surface area contributed by atoms with Crippen molar-refractivity contribution in [1.29, 1.82) is 0 Å². The number of carbonyl (C=O) groups is 3. The third-order valence-electron chi connectivity index (χ3n) is 10.4. The van der Waals surface area contributed by atoms with Crippen molar-refractivity contribution in [3.63, 3.8) is 0 Å². The summed E-state index contributed by atoms with van der Waals surface area (Å²) in [5.41, 5.74) is 5.23. The number of amides is 2. The third-order valence-corrected chi connectivity index (χ3v) is 13.2. The number of hydrogen-bond acceptors (Lipinski definition) is 5. The Bertz CT molecular complexity index is 1730. The van der Waals surface area contributed by atoms with Gasteiger partial charge in [0.15, 0.2) is 5.82 Å². The quantitative estimate of drug-likeness (QED) is 0.178. The molecule has 2 amide bonds. The maximum absolute atomic E-state index is 13.6. The van der Waals surface area contributed by atoms with Crippen LogP contribution >= 0.6 is 10.9 Å². The first-order chi connectivity index (χ1) is 24.0. The van der Waals surface area contributed by atoms with Gasteiger partial charge in [0.25, 0.3) is 5.91 Å². The predicted octanol–water partition coefficient (Wildman–Crippen LogP) is 7.67. The molecule has 2 aromatic carbocycles. The first-order valence-corrected chi connectivity index (χ1v) is 19.4. The molecule has 8 nitrogen and oxygen atoms in total. The van der Waals surface area contributed by atoms with E-state index in [1.54, 1.807) is 0 Å². The maximum Gasteiger partial charge on any atom is 0.310 e. The van der Waals surface area contributed by atoms with E-state index in [9.17, 15) is 19.5 Å². The van der Waals surface area contributed by atoms with E-state index in [1.807, 2.05) is 48.8 Å². The SMILES string of the molecule is CCC[C@H]1CC[C@H](c2ccc(-c3cnc(-c4ccc(C[C@H](NC(=O)C5=CC=C[SH]5C(C)(C)C)C(=O)N5CC(C(=O)O)C5)cc4)nc3)cc2)CC1.